The van der Waals surface area contributed by atoms with Gasteiger partial charge in [-0.1, -0.05) is 17.3 Å². The van der Waals surface area contributed by atoms with Gasteiger partial charge in [0.15, 0.2) is 0 Å². The van der Waals surface area contributed by atoms with Crippen LogP contribution in [-0.4, -0.2) is 25.7 Å². The van der Waals surface area contributed by atoms with Crippen molar-refractivity contribution in [3.05, 3.63) is 47.2 Å². The molecule has 0 radical (unpaired) electrons. The molecule has 1 N–H and O–H groups in total. The first-order valence-corrected chi connectivity index (χ1v) is 9.36. The molecule has 0 atom stereocenters. The number of hydrogen-bond donors (Lipinski definition) is 1. The van der Waals surface area contributed by atoms with Gasteiger partial charge in [-0.05, 0) is 36.1 Å². The highest BCUT2D eigenvalue weighted by Crippen LogP contribution is 2.25. The van der Waals surface area contributed by atoms with E-state index in [1.54, 1.807) is 18.2 Å². The molecule has 0 unspecified atom stereocenters. The summed E-state index contributed by atoms with van der Waals surface area (Å²) in [5.74, 6) is 0.902. The summed E-state index contributed by atoms with van der Waals surface area (Å²) in [7, 11) is -2.34. The second-order valence-corrected chi connectivity index (χ2v) is 7.65. The third-order valence-corrected chi connectivity index (χ3v) is 5.52. The topological polar surface area (TPSA) is 94.3 Å². The molecular weight excluding hydrogens is 350 g/mol. The number of rotatable bonds is 6. The van der Waals surface area contributed by atoms with Crippen LogP contribution in [0, 0.1) is 6.92 Å². The number of aryl methyl sites for hydroxylation is 1. The number of aromatic nitrogens is 2. The molecule has 7 nitrogen and oxygen atoms in total. The zero-order valence-corrected chi connectivity index (χ0v) is 14.6. The Hall–Kier alpha value is -2.23. The molecule has 0 fully saturated rings. The number of ether oxygens (including phenoxy) is 1. The van der Waals surface area contributed by atoms with Gasteiger partial charge in [0.05, 0.1) is 18.5 Å². The number of benzene rings is 1. The highest BCUT2D eigenvalue weighted by molar-refractivity contribution is 7.89. The van der Waals surface area contributed by atoms with Gasteiger partial charge >= 0.3 is 0 Å². The van der Waals surface area contributed by atoms with Crippen molar-refractivity contribution >= 4 is 21.4 Å². The molecule has 2 heterocycles. The van der Waals surface area contributed by atoms with E-state index >= 15 is 0 Å². The number of nitrogens with zero attached hydrogens (tertiary/aromatic N) is 2. The van der Waals surface area contributed by atoms with E-state index in [1.165, 1.54) is 18.4 Å². The lowest BCUT2D eigenvalue weighted by molar-refractivity contribution is 0.375. The van der Waals surface area contributed by atoms with Crippen LogP contribution < -0.4 is 9.46 Å². The van der Waals surface area contributed by atoms with Crippen LogP contribution in [0.15, 0.2) is 45.1 Å². The van der Waals surface area contributed by atoms with Crippen molar-refractivity contribution in [1.82, 2.24) is 14.9 Å². The molecule has 9 heteroatoms. The summed E-state index contributed by atoms with van der Waals surface area (Å²) in [4.78, 5) is 5.11. The highest BCUT2D eigenvalue weighted by atomic mass is 32.2. The standard InChI is InChI=1S/C15H15N3O4S2/c1-10-5-6-11(21-2)13(8-10)24(19,20)16-9-14-17-15(18-22-14)12-4-3-7-23-12/h3-8,16H,9H2,1-2H3. The van der Waals surface area contributed by atoms with E-state index in [4.69, 9.17) is 9.26 Å². The van der Waals surface area contributed by atoms with Gasteiger partial charge in [0.1, 0.15) is 10.6 Å². The van der Waals surface area contributed by atoms with E-state index in [2.05, 4.69) is 14.9 Å². The molecule has 0 amide bonds. The fraction of sp³-hybridized carbons (Fsp3) is 0.200. The van der Waals surface area contributed by atoms with Crippen LogP contribution in [0.3, 0.4) is 0 Å². The van der Waals surface area contributed by atoms with Crippen LogP contribution in [0.25, 0.3) is 10.7 Å². The maximum Gasteiger partial charge on any atom is 0.244 e. The van der Waals surface area contributed by atoms with E-state index in [0.29, 0.717) is 5.82 Å². The van der Waals surface area contributed by atoms with Gasteiger partial charge in [0, 0.05) is 0 Å². The maximum atomic E-state index is 12.5. The highest BCUT2D eigenvalue weighted by Gasteiger charge is 2.21. The summed E-state index contributed by atoms with van der Waals surface area (Å²) >= 11 is 1.48. The molecule has 2 aromatic heterocycles. The minimum atomic E-state index is -3.77. The zero-order chi connectivity index (χ0) is 17.2. The van der Waals surface area contributed by atoms with Crippen molar-refractivity contribution in [3.63, 3.8) is 0 Å². The van der Waals surface area contributed by atoms with Crippen molar-refractivity contribution < 1.29 is 17.7 Å². The Kier molecular flexibility index (Phi) is 4.65. The molecule has 3 rings (SSSR count). The molecule has 0 aliphatic rings. The molecule has 0 spiro atoms. The Morgan fingerprint density at radius 3 is 2.88 bits per heavy atom. The summed E-state index contributed by atoms with van der Waals surface area (Å²) in [6.45, 7) is 1.71. The monoisotopic (exact) mass is 365 g/mol. The van der Waals surface area contributed by atoms with E-state index in [9.17, 15) is 8.42 Å². The molecule has 1 aromatic carbocycles. The van der Waals surface area contributed by atoms with Gasteiger partial charge in [0.2, 0.25) is 21.7 Å². The summed E-state index contributed by atoms with van der Waals surface area (Å²) in [6, 6.07) is 8.69. The van der Waals surface area contributed by atoms with Gasteiger partial charge in [-0.2, -0.15) is 4.98 Å². The van der Waals surface area contributed by atoms with Crippen molar-refractivity contribution in [1.29, 1.82) is 0 Å². The third kappa shape index (κ3) is 3.48. The molecule has 0 bridgehead atoms. The molecule has 0 saturated heterocycles. The third-order valence-electron chi connectivity index (χ3n) is 3.23. The Bertz CT molecular complexity index is 934. The average molecular weight is 365 g/mol. The number of nitrogens with one attached hydrogen (secondary N) is 1. The van der Waals surface area contributed by atoms with Gasteiger partial charge in [-0.15, -0.1) is 11.3 Å². The van der Waals surface area contributed by atoms with Crippen molar-refractivity contribution in [2.24, 2.45) is 0 Å². The van der Waals surface area contributed by atoms with E-state index in [-0.39, 0.29) is 23.1 Å². The Morgan fingerprint density at radius 2 is 2.17 bits per heavy atom. The average Bonchev–Trinajstić information content (AvgIpc) is 3.24. The lowest BCUT2D eigenvalue weighted by Gasteiger charge is -2.10. The first kappa shape index (κ1) is 16.6. The normalized spacial score (nSPS) is 11.6. The van der Waals surface area contributed by atoms with Crippen LogP contribution in [0.5, 0.6) is 5.75 Å². The van der Waals surface area contributed by atoms with Crippen LogP contribution >= 0.6 is 11.3 Å². The predicted octanol–water partition coefficient (Wildman–Crippen LogP) is 2.59. The second-order valence-electron chi connectivity index (χ2n) is 4.97. The second kappa shape index (κ2) is 6.71. The summed E-state index contributed by atoms with van der Waals surface area (Å²) < 4.78 is 37.6. The number of methoxy groups -OCH3 is 1. The van der Waals surface area contributed by atoms with Crippen molar-refractivity contribution in [3.8, 4) is 16.5 Å². The van der Waals surface area contributed by atoms with E-state index in [1.807, 2.05) is 24.4 Å². The maximum absolute atomic E-state index is 12.5. The smallest absolute Gasteiger partial charge is 0.244 e. The quantitative estimate of drug-likeness (QED) is 0.721. The molecule has 24 heavy (non-hydrogen) atoms. The van der Waals surface area contributed by atoms with E-state index < -0.39 is 10.0 Å². The summed E-state index contributed by atoms with van der Waals surface area (Å²) in [5, 5.41) is 5.75. The van der Waals surface area contributed by atoms with Gasteiger partial charge in [0.25, 0.3) is 0 Å². The Balaban J connectivity index is 1.77. The predicted molar refractivity (Wildman–Crippen MR) is 89.4 cm³/mol. The fourth-order valence-corrected chi connectivity index (χ4v) is 3.94. The Morgan fingerprint density at radius 1 is 1.33 bits per heavy atom. The Labute approximate surface area is 143 Å². The fourth-order valence-electron chi connectivity index (χ4n) is 2.06. The lowest BCUT2D eigenvalue weighted by Crippen LogP contribution is -2.24. The number of hydrogen-bond acceptors (Lipinski definition) is 7. The first-order chi connectivity index (χ1) is 11.5. The van der Waals surface area contributed by atoms with Crippen LogP contribution in [0.1, 0.15) is 11.5 Å². The molecular formula is C15H15N3O4S2. The minimum absolute atomic E-state index is 0.0722. The van der Waals surface area contributed by atoms with Gasteiger partial charge < -0.3 is 9.26 Å². The molecule has 126 valence electrons. The van der Waals surface area contributed by atoms with Crippen LogP contribution in [0.2, 0.25) is 0 Å². The molecule has 0 saturated carbocycles. The summed E-state index contributed by atoms with van der Waals surface area (Å²) in [6.07, 6.45) is 0. The van der Waals surface area contributed by atoms with E-state index in [0.717, 1.165) is 10.4 Å². The first-order valence-electron chi connectivity index (χ1n) is 7.00. The minimum Gasteiger partial charge on any atom is -0.495 e. The summed E-state index contributed by atoms with van der Waals surface area (Å²) in [5.41, 5.74) is 0.814. The zero-order valence-electron chi connectivity index (χ0n) is 13.0. The van der Waals surface area contributed by atoms with Crippen LogP contribution in [-0.2, 0) is 16.6 Å². The molecule has 3 aromatic rings. The molecule has 0 aliphatic carbocycles. The largest absolute Gasteiger partial charge is 0.495 e. The van der Waals surface area contributed by atoms with Gasteiger partial charge in [-0.3, -0.25) is 0 Å². The lowest BCUT2D eigenvalue weighted by atomic mass is 10.2. The van der Waals surface area contributed by atoms with Crippen molar-refractivity contribution in [2.45, 2.75) is 18.4 Å². The van der Waals surface area contributed by atoms with Crippen molar-refractivity contribution in [2.75, 3.05) is 7.11 Å². The molecule has 0 aliphatic heterocycles. The SMILES string of the molecule is COc1ccc(C)cc1S(=O)(=O)NCc1nc(-c2cccs2)no1. The van der Waals surface area contributed by atoms with Crippen LogP contribution in [0.4, 0.5) is 0 Å². The van der Waals surface area contributed by atoms with Gasteiger partial charge in [-0.25, -0.2) is 13.1 Å². The number of sulfonamides is 1. The number of thiophene rings is 1.